The molecule has 0 bridgehead atoms. The Balaban J connectivity index is 2.79. The summed E-state index contributed by atoms with van der Waals surface area (Å²) in [6, 6.07) is 8.05. The Morgan fingerprint density at radius 1 is 1.27 bits per heavy atom. The summed E-state index contributed by atoms with van der Waals surface area (Å²) in [4.78, 5) is 0. The van der Waals surface area contributed by atoms with Crippen molar-refractivity contribution in [3.8, 4) is 0 Å². The van der Waals surface area contributed by atoms with Gasteiger partial charge in [-0.05, 0) is 28.5 Å². The minimum absolute atomic E-state index is 0.133. The highest BCUT2D eigenvalue weighted by Gasteiger charge is 1.98. The standard InChI is InChI=1S/C9H8OS/c10-6-7-2-1-3-9-8(7)4-5-11-9/h1-5,10H,6H2. The van der Waals surface area contributed by atoms with Gasteiger partial charge in [0.25, 0.3) is 0 Å². The van der Waals surface area contributed by atoms with Crippen molar-refractivity contribution >= 4 is 21.4 Å². The van der Waals surface area contributed by atoms with E-state index in [1.807, 2.05) is 23.6 Å². The molecule has 2 heteroatoms. The van der Waals surface area contributed by atoms with Crippen LogP contribution in [0.3, 0.4) is 0 Å². The maximum absolute atomic E-state index is 8.96. The molecule has 56 valence electrons. The van der Waals surface area contributed by atoms with Crippen LogP contribution >= 0.6 is 11.3 Å². The Kier molecular flexibility index (Phi) is 1.64. The third-order valence-corrected chi connectivity index (χ3v) is 2.64. The zero-order valence-corrected chi connectivity index (χ0v) is 6.77. The molecular formula is C9H8OS. The van der Waals surface area contributed by atoms with Crippen LogP contribution in [-0.4, -0.2) is 5.11 Å². The van der Waals surface area contributed by atoms with Crippen molar-refractivity contribution < 1.29 is 5.11 Å². The Hall–Kier alpha value is -0.860. The number of aliphatic hydroxyl groups excluding tert-OH is 1. The zero-order valence-electron chi connectivity index (χ0n) is 5.95. The van der Waals surface area contributed by atoms with E-state index in [2.05, 4.69) is 6.07 Å². The monoisotopic (exact) mass is 164 g/mol. The van der Waals surface area contributed by atoms with E-state index in [0.29, 0.717) is 0 Å². The highest BCUT2D eigenvalue weighted by molar-refractivity contribution is 7.17. The highest BCUT2D eigenvalue weighted by Crippen LogP contribution is 2.23. The maximum Gasteiger partial charge on any atom is 0.0688 e. The van der Waals surface area contributed by atoms with Gasteiger partial charge in [-0.3, -0.25) is 0 Å². The lowest BCUT2D eigenvalue weighted by atomic mass is 10.1. The number of hydrogen-bond donors (Lipinski definition) is 1. The minimum atomic E-state index is 0.133. The van der Waals surface area contributed by atoms with Crippen molar-refractivity contribution in [3.63, 3.8) is 0 Å². The molecule has 1 aromatic heterocycles. The van der Waals surface area contributed by atoms with Crippen LogP contribution in [0.4, 0.5) is 0 Å². The predicted octanol–water partition coefficient (Wildman–Crippen LogP) is 2.39. The number of rotatable bonds is 1. The number of thiophene rings is 1. The van der Waals surface area contributed by atoms with Gasteiger partial charge < -0.3 is 5.11 Å². The quantitative estimate of drug-likeness (QED) is 0.686. The normalized spacial score (nSPS) is 10.6. The van der Waals surface area contributed by atoms with Crippen LogP contribution in [0, 0.1) is 0 Å². The summed E-state index contributed by atoms with van der Waals surface area (Å²) in [5.74, 6) is 0. The van der Waals surface area contributed by atoms with Gasteiger partial charge >= 0.3 is 0 Å². The second kappa shape index (κ2) is 2.64. The van der Waals surface area contributed by atoms with Gasteiger partial charge in [0, 0.05) is 4.70 Å². The first-order valence-corrected chi connectivity index (χ1v) is 4.36. The molecule has 0 aliphatic rings. The molecule has 0 aliphatic heterocycles. The summed E-state index contributed by atoms with van der Waals surface area (Å²) >= 11 is 1.71. The van der Waals surface area contributed by atoms with Gasteiger partial charge in [0.05, 0.1) is 6.61 Å². The topological polar surface area (TPSA) is 20.2 Å². The summed E-state index contributed by atoms with van der Waals surface area (Å²) in [5, 5.41) is 12.2. The molecule has 0 fully saturated rings. The molecule has 2 aromatic rings. The molecule has 1 nitrogen and oxygen atoms in total. The lowest BCUT2D eigenvalue weighted by Gasteiger charge is -1.96. The summed E-state index contributed by atoms with van der Waals surface area (Å²) in [7, 11) is 0. The number of aliphatic hydroxyl groups is 1. The smallest absolute Gasteiger partial charge is 0.0688 e. The Bertz CT molecular complexity index is 364. The van der Waals surface area contributed by atoms with Crippen molar-refractivity contribution in [3.05, 3.63) is 35.2 Å². The molecule has 0 saturated carbocycles. The SMILES string of the molecule is OCc1cccc2sccc12. The van der Waals surface area contributed by atoms with Gasteiger partial charge in [0.1, 0.15) is 0 Å². The Morgan fingerprint density at radius 3 is 3.00 bits per heavy atom. The third-order valence-electron chi connectivity index (χ3n) is 1.76. The first-order valence-electron chi connectivity index (χ1n) is 3.48. The lowest BCUT2D eigenvalue weighted by Crippen LogP contribution is -1.81. The molecule has 11 heavy (non-hydrogen) atoms. The van der Waals surface area contributed by atoms with E-state index in [0.717, 1.165) is 5.56 Å². The van der Waals surface area contributed by atoms with Crippen LogP contribution < -0.4 is 0 Å². The van der Waals surface area contributed by atoms with Crippen molar-refractivity contribution in [2.45, 2.75) is 6.61 Å². The van der Waals surface area contributed by atoms with Crippen molar-refractivity contribution in [1.82, 2.24) is 0 Å². The summed E-state index contributed by atoms with van der Waals surface area (Å²) < 4.78 is 1.25. The first-order chi connectivity index (χ1) is 5.42. The molecule has 1 N–H and O–H groups in total. The summed E-state index contributed by atoms with van der Waals surface area (Å²) in [6.45, 7) is 0.133. The van der Waals surface area contributed by atoms with Crippen LogP contribution in [0.25, 0.3) is 10.1 Å². The summed E-state index contributed by atoms with van der Waals surface area (Å²) in [6.07, 6.45) is 0. The Morgan fingerprint density at radius 2 is 2.18 bits per heavy atom. The van der Waals surface area contributed by atoms with E-state index in [4.69, 9.17) is 5.11 Å². The average molecular weight is 164 g/mol. The Labute approximate surface area is 68.9 Å². The maximum atomic E-state index is 8.96. The second-order valence-electron chi connectivity index (χ2n) is 2.41. The van der Waals surface area contributed by atoms with Gasteiger partial charge in [-0.25, -0.2) is 0 Å². The number of fused-ring (bicyclic) bond motifs is 1. The fraction of sp³-hybridized carbons (Fsp3) is 0.111. The molecule has 1 heterocycles. The van der Waals surface area contributed by atoms with Crippen LogP contribution in [0.5, 0.6) is 0 Å². The minimum Gasteiger partial charge on any atom is -0.392 e. The number of benzene rings is 1. The predicted molar refractivity (Wildman–Crippen MR) is 47.7 cm³/mol. The molecule has 0 unspecified atom stereocenters. The molecule has 0 spiro atoms. The zero-order chi connectivity index (χ0) is 7.68. The van der Waals surface area contributed by atoms with Crippen LogP contribution in [0.1, 0.15) is 5.56 Å². The van der Waals surface area contributed by atoms with Crippen LogP contribution in [0.2, 0.25) is 0 Å². The molecule has 0 atom stereocenters. The third kappa shape index (κ3) is 1.04. The highest BCUT2D eigenvalue weighted by atomic mass is 32.1. The van der Waals surface area contributed by atoms with Gasteiger partial charge in [0.15, 0.2) is 0 Å². The molecule has 0 aliphatic carbocycles. The largest absolute Gasteiger partial charge is 0.392 e. The van der Waals surface area contributed by atoms with E-state index in [9.17, 15) is 0 Å². The van der Waals surface area contributed by atoms with Gasteiger partial charge in [-0.15, -0.1) is 11.3 Å². The van der Waals surface area contributed by atoms with Crippen molar-refractivity contribution in [2.75, 3.05) is 0 Å². The lowest BCUT2D eigenvalue weighted by molar-refractivity contribution is 0.283. The van der Waals surface area contributed by atoms with Gasteiger partial charge in [-0.1, -0.05) is 12.1 Å². The van der Waals surface area contributed by atoms with E-state index >= 15 is 0 Å². The van der Waals surface area contributed by atoms with Crippen molar-refractivity contribution in [2.24, 2.45) is 0 Å². The van der Waals surface area contributed by atoms with E-state index in [1.54, 1.807) is 11.3 Å². The fourth-order valence-electron chi connectivity index (χ4n) is 1.19. The molecule has 0 saturated heterocycles. The van der Waals surface area contributed by atoms with Crippen molar-refractivity contribution in [1.29, 1.82) is 0 Å². The molecule has 2 rings (SSSR count). The van der Waals surface area contributed by atoms with Gasteiger partial charge in [-0.2, -0.15) is 0 Å². The molecular weight excluding hydrogens is 156 g/mol. The van der Waals surface area contributed by atoms with Gasteiger partial charge in [0.2, 0.25) is 0 Å². The van der Waals surface area contributed by atoms with Crippen LogP contribution in [-0.2, 0) is 6.61 Å². The fourth-order valence-corrected chi connectivity index (χ4v) is 2.03. The average Bonchev–Trinajstić information content (AvgIpc) is 2.50. The van der Waals surface area contributed by atoms with Crippen LogP contribution in [0.15, 0.2) is 29.6 Å². The summed E-state index contributed by atoms with van der Waals surface area (Å²) in [5.41, 5.74) is 1.02. The van der Waals surface area contributed by atoms with E-state index < -0.39 is 0 Å². The molecule has 0 radical (unpaired) electrons. The molecule has 0 amide bonds. The van der Waals surface area contributed by atoms with E-state index in [-0.39, 0.29) is 6.61 Å². The van der Waals surface area contributed by atoms with E-state index in [1.165, 1.54) is 10.1 Å². The second-order valence-corrected chi connectivity index (χ2v) is 3.36. The number of hydrogen-bond acceptors (Lipinski definition) is 2. The first kappa shape index (κ1) is 6.83. The molecule has 1 aromatic carbocycles.